The Balaban J connectivity index is 2.84. The second-order valence-electron chi connectivity index (χ2n) is 3.18. The predicted molar refractivity (Wildman–Crippen MR) is 55.2 cm³/mol. The van der Waals surface area contributed by atoms with Gasteiger partial charge in [-0.15, -0.1) is 0 Å². The number of hydrogen-bond acceptors (Lipinski definition) is 3. The second kappa shape index (κ2) is 4.14. The number of aryl methyl sites for hydroxylation is 1. The van der Waals surface area contributed by atoms with Crippen molar-refractivity contribution >= 4 is 5.69 Å². The molecule has 0 radical (unpaired) electrons. The molecule has 0 fully saturated rings. The van der Waals surface area contributed by atoms with E-state index >= 15 is 0 Å². The lowest BCUT2D eigenvalue weighted by atomic mass is 10.2. The summed E-state index contributed by atoms with van der Waals surface area (Å²) in [5.41, 5.74) is 7.32. The van der Waals surface area contributed by atoms with E-state index in [-0.39, 0.29) is 0 Å². The second-order valence-corrected chi connectivity index (χ2v) is 3.18. The third-order valence-electron chi connectivity index (χ3n) is 2.10. The smallest absolute Gasteiger partial charge is 0.120 e. The molecule has 0 aliphatic carbocycles. The molecule has 3 heteroatoms. The number of likely N-dealkylation sites (N-methyl/N-ethyl adjacent to an activating group) is 1. The van der Waals surface area contributed by atoms with E-state index < -0.39 is 0 Å². The van der Waals surface area contributed by atoms with Gasteiger partial charge in [0, 0.05) is 31.9 Å². The van der Waals surface area contributed by atoms with Gasteiger partial charge in [-0.25, -0.2) is 0 Å². The zero-order valence-electron chi connectivity index (χ0n) is 8.12. The number of hydrogen-bond donors (Lipinski definition) is 2. The van der Waals surface area contributed by atoms with E-state index in [4.69, 9.17) is 5.73 Å². The molecule has 13 heavy (non-hydrogen) atoms. The average molecular weight is 180 g/mol. The normalized spacial score (nSPS) is 10.1. The Kier molecular flexibility index (Phi) is 3.14. The van der Waals surface area contributed by atoms with Crippen molar-refractivity contribution in [1.29, 1.82) is 0 Å². The van der Waals surface area contributed by atoms with Crippen LogP contribution in [0.4, 0.5) is 5.69 Å². The fourth-order valence-corrected chi connectivity index (χ4v) is 1.16. The summed E-state index contributed by atoms with van der Waals surface area (Å²) in [5, 5.41) is 9.46. The maximum atomic E-state index is 9.46. The van der Waals surface area contributed by atoms with Gasteiger partial charge in [-0.2, -0.15) is 0 Å². The largest absolute Gasteiger partial charge is 0.508 e. The van der Waals surface area contributed by atoms with E-state index in [1.165, 1.54) is 0 Å². The number of phenols is 1. The minimum absolute atomic E-state index is 0.335. The van der Waals surface area contributed by atoms with Gasteiger partial charge in [-0.05, 0) is 18.6 Å². The van der Waals surface area contributed by atoms with E-state index in [0.29, 0.717) is 12.3 Å². The summed E-state index contributed by atoms with van der Waals surface area (Å²) in [6, 6.07) is 5.63. The van der Waals surface area contributed by atoms with Gasteiger partial charge in [0.05, 0.1) is 0 Å². The van der Waals surface area contributed by atoms with Gasteiger partial charge in [0.15, 0.2) is 0 Å². The maximum absolute atomic E-state index is 9.46. The monoisotopic (exact) mass is 180 g/mol. The number of nitrogens with two attached hydrogens (primary N) is 1. The molecule has 0 bridgehead atoms. The van der Waals surface area contributed by atoms with Gasteiger partial charge in [-0.3, -0.25) is 0 Å². The molecule has 72 valence electrons. The standard InChI is InChI=1S/C10H16N2O/c1-8-3-4-9(7-10(8)13)12(2)6-5-11/h3-4,7,13H,5-6,11H2,1-2H3. The molecule has 1 aromatic rings. The third kappa shape index (κ3) is 2.36. The van der Waals surface area contributed by atoms with Crippen LogP contribution in [0.2, 0.25) is 0 Å². The van der Waals surface area contributed by atoms with Gasteiger partial charge in [0.2, 0.25) is 0 Å². The van der Waals surface area contributed by atoms with Crippen molar-refractivity contribution in [3.8, 4) is 5.75 Å². The highest BCUT2D eigenvalue weighted by atomic mass is 16.3. The molecule has 0 saturated heterocycles. The molecule has 0 aromatic heterocycles. The van der Waals surface area contributed by atoms with Gasteiger partial charge < -0.3 is 15.7 Å². The molecule has 0 unspecified atom stereocenters. The minimum Gasteiger partial charge on any atom is -0.508 e. The van der Waals surface area contributed by atoms with Crippen molar-refractivity contribution in [3.63, 3.8) is 0 Å². The fourth-order valence-electron chi connectivity index (χ4n) is 1.16. The summed E-state index contributed by atoms with van der Waals surface area (Å²) in [4.78, 5) is 2.01. The SMILES string of the molecule is Cc1ccc(N(C)CCN)cc1O. The maximum Gasteiger partial charge on any atom is 0.120 e. The Labute approximate surface area is 78.8 Å². The first kappa shape index (κ1) is 9.86. The summed E-state index contributed by atoms with van der Waals surface area (Å²) < 4.78 is 0. The van der Waals surface area contributed by atoms with Crippen LogP contribution in [0.3, 0.4) is 0 Å². The Bertz CT molecular complexity index is 286. The molecular formula is C10H16N2O. The molecule has 0 atom stereocenters. The number of aromatic hydroxyl groups is 1. The first-order chi connectivity index (χ1) is 6.15. The lowest BCUT2D eigenvalue weighted by molar-refractivity contribution is 0.471. The van der Waals surface area contributed by atoms with Crippen molar-refractivity contribution in [2.24, 2.45) is 5.73 Å². The summed E-state index contributed by atoms with van der Waals surface area (Å²) in [6.45, 7) is 3.29. The molecular weight excluding hydrogens is 164 g/mol. The van der Waals surface area contributed by atoms with Crippen LogP contribution in [0.1, 0.15) is 5.56 Å². The van der Waals surface area contributed by atoms with Crippen LogP contribution in [-0.2, 0) is 0 Å². The van der Waals surface area contributed by atoms with Crippen LogP contribution in [0.25, 0.3) is 0 Å². The van der Waals surface area contributed by atoms with Crippen LogP contribution in [0.15, 0.2) is 18.2 Å². The van der Waals surface area contributed by atoms with Crippen LogP contribution in [0.5, 0.6) is 5.75 Å². The number of benzene rings is 1. The van der Waals surface area contributed by atoms with E-state index in [1.807, 2.05) is 31.0 Å². The summed E-state index contributed by atoms with van der Waals surface area (Å²) in [6.07, 6.45) is 0. The van der Waals surface area contributed by atoms with Gasteiger partial charge in [0.25, 0.3) is 0 Å². The molecule has 0 spiro atoms. The van der Waals surface area contributed by atoms with Crippen LogP contribution in [0, 0.1) is 6.92 Å². The molecule has 0 heterocycles. The lowest BCUT2D eigenvalue weighted by Crippen LogP contribution is -2.24. The van der Waals surface area contributed by atoms with E-state index in [1.54, 1.807) is 6.07 Å². The van der Waals surface area contributed by atoms with Crippen molar-refractivity contribution in [2.75, 3.05) is 25.0 Å². The Hall–Kier alpha value is -1.22. The predicted octanol–water partition coefficient (Wildman–Crippen LogP) is 1.10. The summed E-state index contributed by atoms with van der Waals surface area (Å²) in [5.74, 6) is 0.335. The molecule has 1 rings (SSSR count). The van der Waals surface area contributed by atoms with Crippen molar-refractivity contribution in [3.05, 3.63) is 23.8 Å². The Morgan fingerprint density at radius 2 is 2.15 bits per heavy atom. The van der Waals surface area contributed by atoms with Gasteiger partial charge in [-0.1, -0.05) is 6.07 Å². The quantitative estimate of drug-likeness (QED) is 0.732. The van der Waals surface area contributed by atoms with Gasteiger partial charge >= 0.3 is 0 Å². The third-order valence-corrected chi connectivity index (χ3v) is 2.10. The Morgan fingerprint density at radius 3 is 2.69 bits per heavy atom. The highest BCUT2D eigenvalue weighted by Gasteiger charge is 2.01. The average Bonchev–Trinajstić information content (AvgIpc) is 2.10. The molecule has 3 nitrogen and oxygen atoms in total. The summed E-state index contributed by atoms with van der Waals surface area (Å²) in [7, 11) is 1.96. The highest BCUT2D eigenvalue weighted by Crippen LogP contribution is 2.22. The zero-order chi connectivity index (χ0) is 9.84. The molecule has 3 N–H and O–H groups in total. The van der Waals surface area contributed by atoms with Gasteiger partial charge in [0.1, 0.15) is 5.75 Å². The molecule has 0 aliphatic heterocycles. The molecule has 0 amide bonds. The van der Waals surface area contributed by atoms with Crippen molar-refractivity contribution < 1.29 is 5.11 Å². The van der Waals surface area contributed by atoms with Crippen molar-refractivity contribution in [2.45, 2.75) is 6.92 Å². The van der Waals surface area contributed by atoms with Crippen LogP contribution < -0.4 is 10.6 Å². The van der Waals surface area contributed by atoms with Crippen LogP contribution in [-0.4, -0.2) is 25.2 Å². The molecule has 0 aliphatic rings. The van der Waals surface area contributed by atoms with E-state index in [0.717, 1.165) is 17.8 Å². The lowest BCUT2D eigenvalue weighted by Gasteiger charge is -2.18. The topological polar surface area (TPSA) is 49.5 Å². The van der Waals surface area contributed by atoms with Crippen LogP contribution >= 0.6 is 0 Å². The highest BCUT2D eigenvalue weighted by molar-refractivity contribution is 5.52. The number of rotatable bonds is 3. The molecule has 0 saturated carbocycles. The van der Waals surface area contributed by atoms with E-state index in [2.05, 4.69) is 0 Å². The Morgan fingerprint density at radius 1 is 1.46 bits per heavy atom. The zero-order valence-corrected chi connectivity index (χ0v) is 8.12. The molecule has 1 aromatic carbocycles. The minimum atomic E-state index is 0.335. The fraction of sp³-hybridized carbons (Fsp3) is 0.400. The first-order valence-corrected chi connectivity index (χ1v) is 4.36. The number of nitrogens with zero attached hydrogens (tertiary/aromatic N) is 1. The van der Waals surface area contributed by atoms with E-state index in [9.17, 15) is 5.11 Å². The first-order valence-electron chi connectivity index (χ1n) is 4.36. The number of phenolic OH excluding ortho intramolecular Hbond substituents is 1. The number of anilines is 1. The summed E-state index contributed by atoms with van der Waals surface area (Å²) >= 11 is 0. The van der Waals surface area contributed by atoms with Crippen molar-refractivity contribution in [1.82, 2.24) is 0 Å².